The summed E-state index contributed by atoms with van der Waals surface area (Å²) in [5, 5.41) is 3.68. The van der Waals surface area contributed by atoms with Gasteiger partial charge in [0.2, 0.25) is 5.95 Å². The molecule has 1 rings (SSSR count). The predicted molar refractivity (Wildman–Crippen MR) is 49.6 cm³/mol. The zero-order valence-corrected chi connectivity index (χ0v) is 9.24. The second-order valence-electron chi connectivity index (χ2n) is 3.83. The van der Waals surface area contributed by atoms with Crippen LogP contribution in [0, 0.1) is 5.95 Å². The van der Waals surface area contributed by atoms with Crippen LogP contribution >= 0.6 is 15.9 Å². The number of aromatic nitrogens is 2. The molecule has 0 unspecified atom stereocenters. The van der Waals surface area contributed by atoms with Crippen molar-refractivity contribution in [1.82, 2.24) is 9.78 Å². The minimum Gasteiger partial charge on any atom is -0.268 e. The van der Waals surface area contributed by atoms with E-state index in [9.17, 15) is 4.39 Å². The molecule has 0 radical (unpaired) electrons. The van der Waals surface area contributed by atoms with Crippen LogP contribution < -0.4 is 0 Å². The van der Waals surface area contributed by atoms with Crippen molar-refractivity contribution in [2.75, 3.05) is 0 Å². The molecule has 68 valence electrons. The fourth-order valence-corrected chi connectivity index (χ4v) is 2.21. The summed E-state index contributed by atoms with van der Waals surface area (Å²) in [6.07, 6.45) is 0. The lowest BCUT2D eigenvalue weighted by molar-refractivity contribution is 0.510. The first kappa shape index (κ1) is 9.71. The largest absolute Gasteiger partial charge is 0.268 e. The van der Waals surface area contributed by atoms with Crippen LogP contribution in [0.3, 0.4) is 0 Å². The Kier molecular flexibility index (Phi) is 2.29. The standard InChI is InChI=1S/C8H12BrFN2/c1-8(2,3)6-5(9)7(10)11-12(6)4/h1-4H3. The number of rotatable bonds is 0. The van der Waals surface area contributed by atoms with Crippen molar-refractivity contribution < 1.29 is 4.39 Å². The maximum Gasteiger partial charge on any atom is 0.247 e. The number of aryl methyl sites for hydroxylation is 1. The van der Waals surface area contributed by atoms with E-state index in [0.717, 1.165) is 5.69 Å². The highest BCUT2D eigenvalue weighted by Gasteiger charge is 2.24. The number of hydrogen-bond donors (Lipinski definition) is 0. The molecule has 1 aromatic heterocycles. The van der Waals surface area contributed by atoms with Gasteiger partial charge >= 0.3 is 0 Å². The highest BCUT2D eigenvalue weighted by Crippen LogP contribution is 2.30. The zero-order chi connectivity index (χ0) is 9.52. The summed E-state index contributed by atoms with van der Waals surface area (Å²) in [7, 11) is 1.74. The second-order valence-corrected chi connectivity index (χ2v) is 4.62. The van der Waals surface area contributed by atoms with E-state index in [4.69, 9.17) is 0 Å². The van der Waals surface area contributed by atoms with E-state index in [-0.39, 0.29) is 5.41 Å². The summed E-state index contributed by atoms with van der Waals surface area (Å²) < 4.78 is 15.0. The van der Waals surface area contributed by atoms with Crippen molar-refractivity contribution in [2.24, 2.45) is 7.05 Å². The molecule has 12 heavy (non-hydrogen) atoms. The third-order valence-electron chi connectivity index (χ3n) is 1.66. The van der Waals surface area contributed by atoms with Crippen molar-refractivity contribution in [1.29, 1.82) is 0 Å². The van der Waals surface area contributed by atoms with Crippen LogP contribution in [0.4, 0.5) is 4.39 Å². The van der Waals surface area contributed by atoms with Gasteiger partial charge < -0.3 is 0 Å². The number of hydrogen-bond acceptors (Lipinski definition) is 1. The Labute approximate surface area is 79.9 Å². The molecule has 1 heterocycles. The molecule has 0 saturated carbocycles. The molecule has 4 heteroatoms. The van der Waals surface area contributed by atoms with Crippen LogP contribution in [0.2, 0.25) is 0 Å². The molecule has 1 aromatic rings. The Morgan fingerprint density at radius 1 is 1.42 bits per heavy atom. The van der Waals surface area contributed by atoms with Gasteiger partial charge in [0.25, 0.3) is 0 Å². The lowest BCUT2D eigenvalue weighted by Crippen LogP contribution is -2.16. The summed E-state index contributed by atoms with van der Waals surface area (Å²) in [4.78, 5) is 0. The molecular formula is C8H12BrFN2. The molecule has 0 aliphatic heterocycles. The molecule has 0 fully saturated rings. The van der Waals surface area contributed by atoms with E-state index in [2.05, 4.69) is 21.0 Å². The predicted octanol–water partition coefficient (Wildman–Crippen LogP) is 2.62. The Balaban J connectivity index is 3.32. The van der Waals surface area contributed by atoms with Crippen LogP contribution in [0.1, 0.15) is 26.5 Å². The second kappa shape index (κ2) is 2.83. The van der Waals surface area contributed by atoms with Gasteiger partial charge in [0.1, 0.15) is 0 Å². The SMILES string of the molecule is Cn1nc(F)c(Br)c1C(C)(C)C. The lowest BCUT2D eigenvalue weighted by Gasteiger charge is -2.18. The minimum absolute atomic E-state index is 0.0923. The summed E-state index contributed by atoms with van der Waals surface area (Å²) in [6.45, 7) is 6.07. The van der Waals surface area contributed by atoms with E-state index in [1.54, 1.807) is 11.7 Å². The van der Waals surface area contributed by atoms with Crippen molar-refractivity contribution in [3.63, 3.8) is 0 Å². The molecule has 0 atom stereocenters. The maximum absolute atomic E-state index is 13.0. The maximum atomic E-state index is 13.0. The van der Waals surface area contributed by atoms with Gasteiger partial charge in [-0.15, -0.1) is 5.10 Å². The Hall–Kier alpha value is -0.380. The average Bonchev–Trinajstić information content (AvgIpc) is 2.05. The van der Waals surface area contributed by atoms with Gasteiger partial charge in [0.05, 0.1) is 10.2 Å². The third-order valence-corrected chi connectivity index (χ3v) is 2.36. The summed E-state index contributed by atoms with van der Waals surface area (Å²) >= 11 is 3.18. The Morgan fingerprint density at radius 3 is 2.08 bits per heavy atom. The molecule has 2 nitrogen and oxygen atoms in total. The summed E-state index contributed by atoms with van der Waals surface area (Å²) in [6, 6.07) is 0. The van der Waals surface area contributed by atoms with Crippen LogP contribution in [-0.2, 0) is 12.5 Å². The molecule has 0 aromatic carbocycles. The van der Waals surface area contributed by atoms with E-state index in [0.29, 0.717) is 4.47 Å². The molecule has 0 aliphatic rings. The number of nitrogens with zero attached hydrogens (tertiary/aromatic N) is 2. The quantitative estimate of drug-likeness (QED) is 0.675. The fourth-order valence-electron chi connectivity index (χ4n) is 1.28. The molecular weight excluding hydrogens is 223 g/mol. The van der Waals surface area contributed by atoms with Gasteiger partial charge in [-0.2, -0.15) is 4.39 Å². The highest BCUT2D eigenvalue weighted by molar-refractivity contribution is 9.10. The first-order valence-electron chi connectivity index (χ1n) is 3.72. The Bertz CT molecular complexity index is 299. The van der Waals surface area contributed by atoms with Crippen LogP contribution in [0.5, 0.6) is 0 Å². The van der Waals surface area contributed by atoms with E-state index in [1.807, 2.05) is 20.8 Å². The first-order valence-corrected chi connectivity index (χ1v) is 4.52. The molecule has 0 N–H and O–H groups in total. The van der Waals surface area contributed by atoms with Gasteiger partial charge in [-0.3, -0.25) is 4.68 Å². The summed E-state index contributed by atoms with van der Waals surface area (Å²) in [5.41, 5.74) is 0.783. The van der Waals surface area contributed by atoms with E-state index >= 15 is 0 Å². The average molecular weight is 235 g/mol. The Morgan fingerprint density at radius 2 is 1.92 bits per heavy atom. The third kappa shape index (κ3) is 1.53. The zero-order valence-electron chi connectivity index (χ0n) is 7.65. The van der Waals surface area contributed by atoms with Gasteiger partial charge in [-0.25, -0.2) is 0 Å². The van der Waals surface area contributed by atoms with E-state index < -0.39 is 5.95 Å². The highest BCUT2D eigenvalue weighted by atomic mass is 79.9. The van der Waals surface area contributed by atoms with Crippen LogP contribution in [0.25, 0.3) is 0 Å². The van der Waals surface area contributed by atoms with Crippen LogP contribution in [-0.4, -0.2) is 9.78 Å². The monoisotopic (exact) mass is 234 g/mol. The molecule has 0 spiro atoms. The summed E-state index contributed by atoms with van der Waals surface area (Å²) in [5.74, 6) is -0.442. The van der Waals surface area contributed by atoms with Crippen molar-refractivity contribution in [3.8, 4) is 0 Å². The topological polar surface area (TPSA) is 17.8 Å². The lowest BCUT2D eigenvalue weighted by atomic mass is 9.92. The molecule has 0 aliphatic carbocycles. The van der Waals surface area contributed by atoms with Crippen LogP contribution in [0.15, 0.2) is 4.47 Å². The van der Waals surface area contributed by atoms with E-state index in [1.165, 1.54) is 0 Å². The first-order chi connectivity index (χ1) is 5.34. The molecule has 0 saturated heterocycles. The number of halogens is 2. The van der Waals surface area contributed by atoms with Crippen molar-refractivity contribution in [2.45, 2.75) is 26.2 Å². The smallest absolute Gasteiger partial charge is 0.247 e. The fraction of sp³-hybridized carbons (Fsp3) is 0.625. The minimum atomic E-state index is -0.442. The normalized spacial score (nSPS) is 12.2. The van der Waals surface area contributed by atoms with Gasteiger partial charge in [0, 0.05) is 12.5 Å². The van der Waals surface area contributed by atoms with Gasteiger partial charge in [-0.1, -0.05) is 20.8 Å². The van der Waals surface area contributed by atoms with Crippen molar-refractivity contribution in [3.05, 3.63) is 16.1 Å². The molecule has 0 bridgehead atoms. The van der Waals surface area contributed by atoms with Gasteiger partial charge in [-0.05, 0) is 15.9 Å². The van der Waals surface area contributed by atoms with Crippen molar-refractivity contribution >= 4 is 15.9 Å². The van der Waals surface area contributed by atoms with Gasteiger partial charge in [0.15, 0.2) is 0 Å². The molecule has 0 amide bonds.